The summed E-state index contributed by atoms with van der Waals surface area (Å²) in [6.07, 6.45) is 4.08. The quantitative estimate of drug-likeness (QED) is 0.719. The van der Waals surface area contributed by atoms with Crippen LogP contribution in [0.1, 0.15) is 49.5 Å². The minimum atomic E-state index is -1.32. The zero-order chi connectivity index (χ0) is 21.7. The van der Waals surface area contributed by atoms with Crippen LogP contribution >= 0.6 is 12.4 Å². The monoisotopic (exact) mass is 453 g/mol. The largest absolute Gasteiger partial charge is 0.492 e. The minimum absolute atomic E-state index is 0. The maximum absolute atomic E-state index is 15.4. The lowest BCUT2D eigenvalue weighted by Crippen LogP contribution is -2.52. The molecule has 1 saturated heterocycles. The highest BCUT2D eigenvalue weighted by atomic mass is 35.5. The third-order valence-corrected chi connectivity index (χ3v) is 6.58. The van der Waals surface area contributed by atoms with Crippen molar-refractivity contribution in [1.82, 2.24) is 4.57 Å². The van der Waals surface area contributed by atoms with Crippen LogP contribution in [0.25, 0.3) is 10.9 Å². The molecule has 1 aromatic heterocycles. The van der Waals surface area contributed by atoms with E-state index in [2.05, 4.69) is 13.8 Å². The number of rotatable bonds is 5. The topological polar surface area (TPSA) is 97.8 Å². The van der Waals surface area contributed by atoms with E-state index in [0.717, 1.165) is 25.3 Å². The molecule has 0 amide bonds. The first kappa shape index (κ1) is 23.3. The molecule has 31 heavy (non-hydrogen) atoms. The number of pyridine rings is 1. The molecule has 2 heterocycles. The number of carboxylic acids is 1. The number of nitrogens with zero attached hydrogens (tertiary/aromatic N) is 2. The normalized spacial score (nSPS) is 23.5. The van der Waals surface area contributed by atoms with Crippen LogP contribution in [-0.4, -0.2) is 41.9 Å². The number of benzene rings is 1. The standard InChI is InChI=1S/C22H28FN3O4.ClH/c1-4-13-11(2)8-25(10-17(13)24)19-16(23)7-14-18(21(19)30-3)26(12-5-6-12)9-15(20(14)27)22(28)29;/h7,9,11-13,17H,4-6,8,10,24H2,1-3H3,(H,28,29);1H/t11-,13-,17+;/m0./s1. The van der Waals surface area contributed by atoms with E-state index < -0.39 is 17.2 Å². The first-order chi connectivity index (χ1) is 14.3. The van der Waals surface area contributed by atoms with E-state index in [0.29, 0.717) is 30.2 Å². The van der Waals surface area contributed by atoms with Gasteiger partial charge < -0.3 is 25.0 Å². The summed E-state index contributed by atoms with van der Waals surface area (Å²) in [6, 6.07) is 1.13. The summed E-state index contributed by atoms with van der Waals surface area (Å²) in [5.41, 5.74) is 6.08. The van der Waals surface area contributed by atoms with Crippen molar-refractivity contribution < 1.29 is 19.0 Å². The van der Waals surface area contributed by atoms with Gasteiger partial charge in [0.05, 0.1) is 18.0 Å². The minimum Gasteiger partial charge on any atom is -0.492 e. The zero-order valence-corrected chi connectivity index (χ0v) is 18.7. The number of piperidine rings is 1. The average molecular weight is 454 g/mol. The van der Waals surface area contributed by atoms with E-state index in [1.807, 2.05) is 4.90 Å². The van der Waals surface area contributed by atoms with Crippen molar-refractivity contribution in [2.24, 2.45) is 17.6 Å². The number of fused-ring (bicyclic) bond motifs is 1. The molecule has 3 atom stereocenters. The SMILES string of the molecule is CC[C@@H]1[C@H](N)CN(c2c(F)cc3c(=O)c(C(=O)O)cn(C4CC4)c3c2OC)C[C@@H]1C.Cl. The van der Waals surface area contributed by atoms with Crippen LogP contribution in [-0.2, 0) is 0 Å². The van der Waals surface area contributed by atoms with E-state index >= 15 is 4.39 Å². The Morgan fingerprint density at radius 3 is 2.55 bits per heavy atom. The average Bonchev–Trinajstić information content (AvgIpc) is 3.52. The molecule has 0 bridgehead atoms. The molecule has 0 spiro atoms. The van der Waals surface area contributed by atoms with E-state index in [4.69, 9.17) is 10.5 Å². The van der Waals surface area contributed by atoms with Crippen molar-refractivity contribution in [2.75, 3.05) is 25.1 Å². The number of aromatic nitrogens is 1. The number of ether oxygens (including phenoxy) is 1. The van der Waals surface area contributed by atoms with Gasteiger partial charge in [0.1, 0.15) is 11.3 Å². The fourth-order valence-electron chi connectivity index (χ4n) is 4.98. The molecule has 1 saturated carbocycles. The molecule has 170 valence electrons. The van der Waals surface area contributed by atoms with Gasteiger partial charge >= 0.3 is 5.97 Å². The summed E-state index contributed by atoms with van der Waals surface area (Å²) in [7, 11) is 1.45. The number of carboxylic acid groups (broad SMARTS) is 1. The number of halogens is 2. The molecule has 2 aliphatic rings. The molecule has 1 aliphatic heterocycles. The Balaban J connectivity index is 0.00000272. The second kappa shape index (κ2) is 8.67. The molecular formula is C22H29ClFN3O4. The summed E-state index contributed by atoms with van der Waals surface area (Å²) < 4.78 is 22.8. The Morgan fingerprint density at radius 1 is 1.35 bits per heavy atom. The number of methoxy groups -OCH3 is 1. The number of aromatic carboxylic acids is 1. The molecule has 3 N–H and O–H groups in total. The van der Waals surface area contributed by atoms with Gasteiger partial charge in [-0.15, -0.1) is 12.4 Å². The number of hydrogen-bond donors (Lipinski definition) is 2. The first-order valence-corrected chi connectivity index (χ1v) is 10.5. The third-order valence-electron chi connectivity index (χ3n) is 6.58. The van der Waals surface area contributed by atoms with Gasteiger partial charge in [-0.25, -0.2) is 9.18 Å². The molecule has 7 nitrogen and oxygen atoms in total. The van der Waals surface area contributed by atoms with Crippen LogP contribution < -0.4 is 20.8 Å². The van der Waals surface area contributed by atoms with Crippen LogP contribution in [0.3, 0.4) is 0 Å². The van der Waals surface area contributed by atoms with Crippen LogP contribution in [0.15, 0.2) is 17.1 Å². The number of anilines is 1. The van der Waals surface area contributed by atoms with Gasteiger partial charge in [-0.05, 0) is 30.7 Å². The first-order valence-electron chi connectivity index (χ1n) is 10.5. The molecular weight excluding hydrogens is 425 g/mol. The predicted molar refractivity (Wildman–Crippen MR) is 120 cm³/mol. The van der Waals surface area contributed by atoms with Crippen molar-refractivity contribution in [3.05, 3.63) is 33.9 Å². The van der Waals surface area contributed by atoms with Gasteiger partial charge in [0, 0.05) is 31.4 Å². The lowest BCUT2D eigenvalue weighted by molar-refractivity contribution is 0.0695. The Kier molecular flexibility index (Phi) is 6.53. The van der Waals surface area contributed by atoms with Crippen LogP contribution in [0, 0.1) is 17.7 Å². The van der Waals surface area contributed by atoms with Crippen molar-refractivity contribution in [2.45, 2.75) is 45.2 Å². The van der Waals surface area contributed by atoms with Crippen molar-refractivity contribution in [1.29, 1.82) is 0 Å². The Hall–Kier alpha value is -2.32. The van der Waals surface area contributed by atoms with Crippen LogP contribution in [0.5, 0.6) is 5.75 Å². The molecule has 1 aromatic carbocycles. The fourth-order valence-corrected chi connectivity index (χ4v) is 4.98. The zero-order valence-electron chi connectivity index (χ0n) is 17.9. The van der Waals surface area contributed by atoms with Crippen molar-refractivity contribution in [3.8, 4) is 5.75 Å². The Labute approximate surface area is 186 Å². The van der Waals surface area contributed by atoms with Gasteiger partial charge in [-0.3, -0.25) is 4.79 Å². The fraction of sp³-hybridized carbons (Fsp3) is 0.545. The summed E-state index contributed by atoms with van der Waals surface area (Å²) in [4.78, 5) is 26.3. The highest BCUT2D eigenvalue weighted by Gasteiger charge is 2.36. The number of carbonyl (C=O) groups is 1. The van der Waals surface area contributed by atoms with E-state index in [1.54, 1.807) is 4.57 Å². The Bertz CT molecular complexity index is 1060. The highest BCUT2D eigenvalue weighted by molar-refractivity contribution is 5.97. The van der Waals surface area contributed by atoms with Crippen LogP contribution in [0.4, 0.5) is 10.1 Å². The third kappa shape index (κ3) is 3.87. The predicted octanol–water partition coefficient (Wildman–Crippen LogP) is 3.41. The molecule has 2 fully saturated rings. The van der Waals surface area contributed by atoms with E-state index in [-0.39, 0.29) is 47.1 Å². The molecule has 2 aromatic rings. The lowest BCUT2D eigenvalue weighted by atomic mass is 9.81. The van der Waals surface area contributed by atoms with E-state index in [1.165, 1.54) is 13.3 Å². The highest BCUT2D eigenvalue weighted by Crippen LogP contribution is 2.44. The number of hydrogen-bond acceptors (Lipinski definition) is 5. The lowest BCUT2D eigenvalue weighted by Gasteiger charge is -2.42. The second-order valence-corrected chi connectivity index (χ2v) is 8.57. The maximum Gasteiger partial charge on any atom is 0.341 e. The van der Waals surface area contributed by atoms with Crippen molar-refractivity contribution >= 4 is 35.0 Å². The maximum atomic E-state index is 15.4. The van der Waals surface area contributed by atoms with Crippen molar-refractivity contribution in [3.63, 3.8) is 0 Å². The summed E-state index contributed by atoms with van der Waals surface area (Å²) in [5, 5.41) is 9.48. The second-order valence-electron chi connectivity index (χ2n) is 8.57. The molecule has 4 rings (SSSR count). The summed E-state index contributed by atoms with van der Waals surface area (Å²) >= 11 is 0. The molecule has 9 heteroatoms. The molecule has 0 radical (unpaired) electrons. The number of nitrogens with two attached hydrogens (primary N) is 1. The Morgan fingerprint density at radius 2 is 2.03 bits per heavy atom. The van der Waals surface area contributed by atoms with Gasteiger partial charge in [0.25, 0.3) is 0 Å². The van der Waals surface area contributed by atoms with Gasteiger partial charge in [0.2, 0.25) is 5.43 Å². The van der Waals surface area contributed by atoms with Gasteiger partial charge in [-0.2, -0.15) is 0 Å². The van der Waals surface area contributed by atoms with Gasteiger partial charge in [-0.1, -0.05) is 20.3 Å². The molecule has 0 unspecified atom stereocenters. The molecule has 1 aliphatic carbocycles. The van der Waals surface area contributed by atoms with Crippen LogP contribution in [0.2, 0.25) is 0 Å². The summed E-state index contributed by atoms with van der Waals surface area (Å²) in [5.74, 6) is -1.02. The smallest absolute Gasteiger partial charge is 0.341 e. The van der Waals surface area contributed by atoms with E-state index in [9.17, 15) is 14.7 Å². The summed E-state index contributed by atoms with van der Waals surface area (Å²) in [6.45, 7) is 5.35. The van der Waals surface area contributed by atoms with Gasteiger partial charge in [0.15, 0.2) is 11.6 Å².